The van der Waals surface area contributed by atoms with Crippen LogP contribution in [0, 0.1) is 13.8 Å². The maximum absolute atomic E-state index is 13.2. The maximum Gasteiger partial charge on any atom is 0.278 e. The number of aliphatic hydroxyl groups excluding tert-OH is 1. The smallest absolute Gasteiger partial charge is 0.278 e. The van der Waals surface area contributed by atoms with Gasteiger partial charge in [-0.3, -0.25) is 14.8 Å². The first kappa shape index (κ1) is 21.8. The summed E-state index contributed by atoms with van der Waals surface area (Å²) < 4.78 is 33.5. The highest BCUT2D eigenvalue weighted by molar-refractivity contribution is 6.06. The quantitative estimate of drug-likeness (QED) is 0.531. The van der Waals surface area contributed by atoms with Crippen molar-refractivity contribution in [2.24, 2.45) is 0 Å². The molecule has 30 heavy (non-hydrogen) atoms. The molecule has 1 N–H and O–H groups in total. The SMILES string of the molecule is Cc1cnc2c(C(=O)CCCO)cn(Cc3nccc(OCC(C)(F)F)c3C)c2c1. The number of aromatic nitrogens is 3. The Hall–Kier alpha value is -2.87. The van der Waals surface area contributed by atoms with E-state index < -0.39 is 12.5 Å². The van der Waals surface area contributed by atoms with Crippen molar-refractivity contribution in [3.63, 3.8) is 0 Å². The lowest BCUT2D eigenvalue weighted by molar-refractivity contribution is -0.0231. The number of ether oxygens (including phenoxy) is 1. The Morgan fingerprint density at radius 1 is 1.30 bits per heavy atom. The second-order valence-corrected chi connectivity index (χ2v) is 7.54. The van der Waals surface area contributed by atoms with Gasteiger partial charge in [-0.2, -0.15) is 0 Å². The van der Waals surface area contributed by atoms with Crippen LogP contribution in [0.5, 0.6) is 5.75 Å². The molecule has 0 aliphatic carbocycles. The van der Waals surface area contributed by atoms with Crippen molar-refractivity contribution >= 4 is 16.8 Å². The van der Waals surface area contributed by atoms with Crippen molar-refractivity contribution in [3.8, 4) is 5.75 Å². The van der Waals surface area contributed by atoms with E-state index in [1.54, 1.807) is 25.4 Å². The first-order valence-electron chi connectivity index (χ1n) is 9.74. The number of hydrogen-bond donors (Lipinski definition) is 1. The van der Waals surface area contributed by atoms with Crippen molar-refractivity contribution in [1.82, 2.24) is 14.5 Å². The molecule has 0 aromatic carbocycles. The van der Waals surface area contributed by atoms with E-state index >= 15 is 0 Å². The van der Waals surface area contributed by atoms with Crippen LogP contribution < -0.4 is 4.74 Å². The van der Waals surface area contributed by atoms with Crippen LogP contribution in [0.3, 0.4) is 0 Å². The van der Waals surface area contributed by atoms with E-state index in [1.165, 1.54) is 6.20 Å². The van der Waals surface area contributed by atoms with Gasteiger partial charge in [-0.15, -0.1) is 0 Å². The molecule has 0 bridgehead atoms. The number of fused-ring (bicyclic) bond motifs is 1. The number of carbonyl (C=O) groups is 1. The van der Waals surface area contributed by atoms with Crippen LogP contribution >= 0.6 is 0 Å². The van der Waals surface area contributed by atoms with Crippen molar-refractivity contribution < 1.29 is 23.4 Å². The Kier molecular flexibility index (Phi) is 6.45. The first-order chi connectivity index (χ1) is 14.2. The Labute approximate surface area is 173 Å². The second-order valence-electron chi connectivity index (χ2n) is 7.54. The van der Waals surface area contributed by atoms with E-state index in [0.717, 1.165) is 18.0 Å². The van der Waals surface area contributed by atoms with Gasteiger partial charge < -0.3 is 14.4 Å². The summed E-state index contributed by atoms with van der Waals surface area (Å²) in [5.41, 5.74) is 4.14. The van der Waals surface area contributed by atoms with Crippen molar-refractivity contribution in [3.05, 3.63) is 53.1 Å². The molecule has 0 atom stereocenters. The van der Waals surface area contributed by atoms with E-state index in [-0.39, 0.29) is 18.8 Å². The third kappa shape index (κ3) is 4.99. The molecule has 3 aromatic heterocycles. The maximum atomic E-state index is 13.2. The largest absolute Gasteiger partial charge is 0.487 e. The molecule has 6 nitrogen and oxygen atoms in total. The summed E-state index contributed by atoms with van der Waals surface area (Å²) in [6, 6.07) is 3.51. The van der Waals surface area contributed by atoms with Gasteiger partial charge in [0.25, 0.3) is 5.92 Å². The summed E-state index contributed by atoms with van der Waals surface area (Å²) in [5, 5.41) is 9.02. The number of ketones is 1. The predicted molar refractivity (Wildman–Crippen MR) is 109 cm³/mol. The van der Waals surface area contributed by atoms with Crippen LogP contribution in [0.15, 0.2) is 30.7 Å². The van der Waals surface area contributed by atoms with Gasteiger partial charge in [-0.1, -0.05) is 0 Å². The molecule has 3 rings (SSSR count). The summed E-state index contributed by atoms with van der Waals surface area (Å²) in [6.07, 6.45) is 5.59. The zero-order chi connectivity index (χ0) is 21.9. The lowest BCUT2D eigenvalue weighted by Crippen LogP contribution is -2.21. The van der Waals surface area contributed by atoms with Gasteiger partial charge in [0.15, 0.2) is 12.4 Å². The number of pyridine rings is 2. The summed E-state index contributed by atoms with van der Waals surface area (Å²) in [5.74, 6) is -2.66. The molecule has 8 heteroatoms. The molecule has 0 unspecified atom stereocenters. The summed E-state index contributed by atoms with van der Waals surface area (Å²) in [6.45, 7) is 4.06. The standard InChI is InChI=1S/C22H25F2N3O3/c1-14-9-18-21(26-10-14)16(19(29)5-4-8-28)11-27(18)12-17-15(2)20(6-7-25-17)30-13-22(3,23)24/h6-7,9-11,28H,4-5,8,12-13H2,1-3H3. The lowest BCUT2D eigenvalue weighted by Gasteiger charge is -2.15. The van der Waals surface area contributed by atoms with Crippen molar-refractivity contribution in [2.75, 3.05) is 13.2 Å². The molecule has 0 amide bonds. The minimum absolute atomic E-state index is 0.0520. The van der Waals surface area contributed by atoms with Gasteiger partial charge in [-0.05, 0) is 38.0 Å². The number of Topliss-reactive ketones (excluding diaryl/α,β-unsaturated/α-hetero) is 1. The molecular formula is C22H25F2N3O3. The number of aryl methyl sites for hydroxylation is 1. The number of halogens is 2. The topological polar surface area (TPSA) is 77.2 Å². The summed E-state index contributed by atoms with van der Waals surface area (Å²) in [7, 11) is 0. The van der Waals surface area contributed by atoms with E-state index in [1.807, 2.05) is 17.6 Å². The summed E-state index contributed by atoms with van der Waals surface area (Å²) >= 11 is 0. The molecule has 0 radical (unpaired) electrons. The zero-order valence-corrected chi connectivity index (χ0v) is 17.3. The molecule has 0 aliphatic rings. The van der Waals surface area contributed by atoms with Gasteiger partial charge in [0.05, 0.1) is 28.8 Å². The number of rotatable bonds is 9. The molecule has 0 fully saturated rings. The van der Waals surface area contributed by atoms with Gasteiger partial charge in [0.1, 0.15) is 5.75 Å². The third-order valence-corrected chi connectivity index (χ3v) is 4.78. The van der Waals surface area contributed by atoms with Crippen molar-refractivity contribution in [1.29, 1.82) is 0 Å². The van der Waals surface area contributed by atoms with Crippen molar-refractivity contribution in [2.45, 2.75) is 46.1 Å². The Balaban J connectivity index is 1.96. The fraction of sp³-hybridized carbons (Fsp3) is 0.409. The van der Waals surface area contributed by atoms with E-state index in [4.69, 9.17) is 9.84 Å². The molecule has 0 aliphatic heterocycles. The second kappa shape index (κ2) is 8.87. The van der Waals surface area contributed by atoms with Crippen LogP contribution in [-0.4, -0.2) is 44.6 Å². The molecule has 160 valence electrons. The average Bonchev–Trinajstić information content (AvgIpc) is 3.03. The van der Waals surface area contributed by atoms with E-state index in [9.17, 15) is 13.6 Å². The fourth-order valence-electron chi connectivity index (χ4n) is 3.22. The lowest BCUT2D eigenvalue weighted by atomic mass is 10.1. The van der Waals surface area contributed by atoms with Crippen LogP contribution in [0.4, 0.5) is 8.78 Å². The average molecular weight is 417 g/mol. The third-order valence-electron chi connectivity index (χ3n) is 4.78. The number of hydrogen-bond acceptors (Lipinski definition) is 5. The van der Waals surface area contributed by atoms with Gasteiger partial charge in [0, 0.05) is 44.1 Å². The van der Waals surface area contributed by atoms with Crippen LogP contribution in [0.2, 0.25) is 0 Å². The van der Waals surface area contributed by atoms with E-state index in [2.05, 4.69) is 9.97 Å². The molecule has 0 saturated carbocycles. The van der Waals surface area contributed by atoms with E-state index in [0.29, 0.717) is 41.1 Å². The van der Waals surface area contributed by atoms with Gasteiger partial charge in [0.2, 0.25) is 0 Å². The highest BCUT2D eigenvalue weighted by Crippen LogP contribution is 2.26. The molecule has 3 heterocycles. The number of aliphatic hydroxyl groups is 1. The van der Waals surface area contributed by atoms with Gasteiger partial charge in [-0.25, -0.2) is 8.78 Å². The van der Waals surface area contributed by atoms with Gasteiger partial charge >= 0.3 is 0 Å². The van der Waals surface area contributed by atoms with Crippen LogP contribution in [-0.2, 0) is 6.54 Å². The number of carbonyl (C=O) groups excluding carboxylic acids is 1. The monoisotopic (exact) mass is 417 g/mol. The Morgan fingerprint density at radius 3 is 2.77 bits per heavy atom. The number of alkyl halides is 2. The Bertz CT molecular complexity index is 1060. The number of nitrogens with zero attached hydrogens (tertiary/aromatic N) is 3. The minimum atomic E-state index is -2.93. The predicted octanol–water partition coefficient (Wildman–Crippen LogP) is 4.09. The molecule has 0 saturated heterocycles. The zero-order valence-electron chi connectivity index (χ0n) is 17.3. The Morgan fingerprint density at radius 2 is 2.07 bits per heavy atom. The first-order valence-corrected chi connectivity index (χ1v) is 9.74. The minimum Gasteiger partial charge on any atom is -0.487 e. The fourth-order valence-corrected chi connectivity index (χ4v) is 3.22. The molecular weight excluding hydrogens is 392 g/mol. The van der Waals surface area contributed by atoms with Crippen LogP contribution in [0.1, 0.15) is 46.9 Å². The summed E-state index contributed by atoms with van der Waals surface area (Å²) in [4.78, 5) is 21.4. The normalized spacial score (nSPS) is 11.8. The van der Waals surface area contributed by atoms with Crippen LogP contribution in [0.25, 0.3) is 11.0 Å². The highest BCUT2D eigenvalue weighted by Gasteiger charge is 2.23. The molecule has 3 aromatic rings. The molecule has 0 spiro atoms. The highest BCUT2D eigenvalue weighted by atomic mass is 19.3.